The van der Waals surface area contributed by atoms with Crippen molar-refractivity contribution in [3.63, 3.8) is 0 Å². The minimum absolute atomic E-state index is 0.341. The maximum Gasteiger partial charge on any atom is 0.497 e. The van der Waals surface area contributed by atoms with E-state index >= 15 is 0 Å². The topological polar surface area (TPSA) is 48.7 Å². The van der Waals surface area contributed by atoms with Gasteiger partial charge in [0.15, 0.2) is 0 Å². The van der Waals surface area contributed by atoms with Crippen LogP contribution in [0.5, 0.6) is 0 Å². The summed E-state index contributed by atoms with van der Waals surface area (Å²) in [4.78, 5) is 4.32. The standard InChI is InChI=1S/C13H18BN3O2S/c1-12(2)13(3,4)19-14(18-12)9-6-7-17-10(9)8-15-11(16-17)20-5/h6-8H,1-5H3. The number of aromatic nitrogens is 3. The maximum atomic E-state index is 6.08. The van der Waals surface area contributed by atoms with Crippen LogP contribution in [-0.4, -0.2) is 39.2 Å². The first-order valence-corrected chi connectivity index (χ1v) is 7.80. The van der Waals surface area contributed by atoms with Crippen LogP contribution in [-0.2, 0) is 9.31 Å². The van der Waals surface area contributed by atoms with Crippen molar-refractivity contribution in [1.82, 2.24) is 14.6 Å². The van der Waals surface area contributed by atoms with Crippen LogP contribution in [0, 0.1) is 0 Å². The van der Waals surface area contributed by atoms with Crippen LogP contribution in [0.15, 0.2) is 23.6 Å². The highest BCUT2D eigenvalue weighted by atomic mass is 32.2. The molecule has 0 aliphatic carbocycles. The summed E-state index contributed by atoms with van der Waals surface area (Å²) in [7, 11) is -0.381. The minimum atomic E-state index is -0.381. The van der Waals surface area contributed by atoms with Crippen molar-refractivity contribution in [2.45, 2.75) is 44.1 Å². The van der Waals surface area contributed by atoms with Crippen molar-refractivity contribution in [3.8, 4) is 0 Å². The van der Waals surface area contributed by atoms with Crippen molar-refractivity contribution in [2.75, 3.05) is 6.26 Å². The van der Waals surface area contributed by atoms with Gasteiger partial charge in [-0.2, -0.15) is 0 Å². The van der Waals surface area contributed by atoms with Crippen molar-refractivity contribution < 1.29 is 9.31 Å². The van der Waals surface area contributed by atoms with Crippen molar-refractivity contribution in [1.29, 1.82) is 0 Å². The quantitative estimate of drug-likeness (QED) is 0.623. The Hall–Kier alpha value is -1.05. The van der Waals surface area contributed by atoms with Crippen LogP contribution in [0.2, 0.25) is 0 Å². The molecule has 1 fully saturated rings. The van der Waals surface area contributed by atoms with Crippen LogP contribution in [0.25, 0.3) is 5.52 Å². The number of thioether (sulfide) groups is 1. The van der Waals surface area contributed by atoms with E-state index in [-0.39, 0.29) is 18.3 Å². The Morgan fingerprint density at radius 1 is 1.20 bits per heavy atom. The van der Waals surface area contributed by atoms with Gasteiger partial charge in [0.05, 0.1) is 22.9 Å². The van der Waals surface area contributed by atoms with Gasteiger partial charge in [0.25, 0.3) is 0 Å². The highest BCUT2D eigenvalue weighted by Crippen LogP contribution is 2.36. The Morgan fingerprint density at radius 2 is 1.85 bits per heavy atom. The van der Waals surface area contributed by atoms with E-state index < -0.39 is 0 Å². The third-order valence-electron chi connectivity index (χ3n) is 4.12. The van der Waals surface area contributed by atoms with Gasteiger partial charge in [-0.25, -0.2) is 9.50 Å². The molecule has 0 N–H and O–H groups in total. The molecule has 3 rings (SSSR count). The Morgan fingerprint density at radius 3 is 2.45 bits per heavy atom. The number of hydrogen-bond acceptors (Lipinski definition) is 5. The van der Waals surface area contributed by atoms with Crippen LogP contribution in [0.3, 0.4) is 0 Å². The number of rotatable bonds is 2. The summed E-state index contributed by atoms with van der Waals surface area (Å²) in [5.74, 6) is 0. The Bertz CT molecular complexity index is 640. The largest absolute Gasteiger partial charge is 0.497 e. The monoisotopic (exact) mass is 291 g/mol. The number of nitrogens with zero attached hydrogens (tertiary/aromatic N) is 3. The van der Waals surface area contributed by atoms with E-state index in [4.69, 9.17) is 9.31 Å². The molecule has 20 heavy (non-hydrogen) atoms. The first kappa shape index (κ1) is 13.9. The molecule has 0 saturated carbocycles. The highest BCUT2D eigenvalue weighted by molar-refractivity contribution is 7.98. The summed E-state index contributed by atoms with van der Waals surface area (Å²) in [5, 5.41) is 5.16. The fraction of sp³-hybridized carbons (Fsp3) is 0.538. The van der Waals surface area contributed by atoms with Gasteiger partial charge in [0.1, 0.15) is 0 Å². The van der Waals surface area contributed by atoms with E-state index in [9.17, 15) is 0 Å². The average molecular weight is 291 g/mol. The lowest BCUT2D eigenvalue weighted by Crippen LogP contribution is -2.41. The molecular formula is C13H18BN3O2S. The molecule has 0 spiro atoms. The Kier molecular flexibility index (Phi) is 3.11. The summed E-state index contributed by atoms with van der Waals surface area (Å²) in [6, 6.07) is 1.98. The van der Waals surface area contributed by atoms with Crippen LogP contribution < -0.4 is 5.46 Å². The summed E-state index contributed by atoms with van der Waals surface area (Å²) in [5.41, 5.74) is 1.20. The fourth-order valence-corrected chi connectivity index (χ4v) is 2.49. The van der Waals surface area contributed by atoms with Gasteiger partial charge in [0, 0.05) is 11.7 Å². The Balaban J connectivity index is 2.00. The molecule has 2 aromatic heterocycles. The molecule has 0 unspecified atom stereocenters. The number of fused-ring (bicyclic) bond motifs is 1. The normalized spacial score (nSPS) is 20.8. The van der Waals surface area contributed by atoms with Gasteiger partial charge in [-0.15, -0.1) is 5.10 Å². The minimum Gasteiger partial charge on any atom is -0.399 e. The SMILES string of the molecule is CSc1ncc2c(B3OC(C)(C)C(C)(C)O3)ccn2n1. The zero-order valence-corrected chi connectivity index (χ0v) is 13.2. The summed E-state index contributed by atoms with van der Waals surface area (Å²) >= 11 is 1.52. The summed E-state index contributed by atoms with van der Waals surface area (Å²) in [6.45, 7) is 8.20. The molecule has 0 atom stereocenters. The first-order chi connectivity index (χ1) is 9.34. The molecule has 0 bridgehead atoms. The molecule has 0 amide bonds. The zero-order chi connectivity index (χ0) is 14.5. The van der Waals surface area contributed by atoms with E-state index in [0.29, 0.717) is 0 Å². The molecule has 7 heteroatoms. The molecule has 1 aliphatic rings. The van der Waals surface area contributed by atoms with Gasteiger partial charge < -0.3 is 9.31 Å². The molecule has 3 heterocycles. The average Bonchev–Trinajstić information content (AvgIpc) is 2.87. The molecular weight excluding hydrogens is 273 g/mol. The van der Waals surface area contributed by atoms with E-state index in [1.807, 2.05) is 56.9 Å². The van der Waals surface area contributed by atoms with Gasteiger partial charge in [-0.05, 0) is 40.0 Å². The lowest BCUT2D eigenvalue weighted by Gasteiger charge is -2.32. The van der Waals surface area contributed by atoms with Crippen LogP contribution >= 0.6 is 11.8 Å². The van der Waals surface area contributed by atoms with E-state index in [2.05, 4.69) is 10.1 Å². The van der Waals surface area contributed by atoms with Gasteiger partial charge in [-0.3, -0.25) is 0 Å². The van der Waals surface area contributed by atoms with Crippen LogP contribution in [0.1, 0.15) is 27.7 Å². The molecule has 0 aromatic carbocycles. The lowest BCUT2D eigenvalue weighted by atomic mass is 9.80. The molecule has 1 saturated heterocycles. The van der Waals surface area contributed by atoms with Crippen molar-refractivity contribution in [2.24, 2.45) is 0 Å². The maximum absolute atomic E-state index is 6.08. The molecule has 1 aliphatic heterocycles. The molecule has 0 radical (unpaired) electrons. The van der Waals surface area contributed by atoms with E-state index in [1.165, 1.54) is 11.8 Å². The number of hydrogen-bond donors (Lipinski definition) is 0. The second-order valence-corrected chi connectivity index (χ2v) is 6.71. The second-order valence-electron chi connectivity index (χ2n) is 5.93. The smallest absolute Gasteiger partial charge is 0.399 e. The third-order valence-corrected chi connectivity index (χ3v) is 4.67. The second kappa shape index (κ2) is 4.48. The zero-order valence-electron chi connectivity index (χ0n) is 12.4. The summed E-state index contributed by atoms with van der Waals surface area (Å²) in [6.07, 6.45) is 5.69. The molecule has 5 nitrogen and oxygen atoms in total. The van der Waals surface area contributed by atoms with Gasteiger partial charge in [0.2, 0.25) is 5.16 Å². The fourth-order valence-electron chi connectivity index (χ4n) is 2.17. The van der Waals surface area contributed by atoms with Gasteiger partial charge in [-0.1, -0.05) is 11.8 Å². The highest BCUT2D eigenvalue weighted by Gasteiger charge is 2.52. The predicted octanol–water partition coefficient (Wildman–Crippen LogP) is 1.75. The Labute approximate surface area is 123 Å². The van der Waals surface area contributed by atoms with Crippen molar-refractivity contribution in [3.05, 3.63) is 18.5 Å². The summed E-state index contributed by atoms with van der Waals surface area (Å²) < 4.78 is 14.0. The predicted molar refractivity (Wildman–Crippen MR) is 80.5 cm³/mol. The van der Waals surface area contributed by atoms with Crippen molar-refractivity contribution >= 4 is 29.9 Å². The first-order valence-electron chi connectivity index (χ1n) is 6.58. The molecule has 2 aromatic rings. The van der Waals surface area contributed by atoms with Gasteiger partial charge >= 0.3 is 7.12 Å². The van der Waals surface area contributed by atoms with E-state index in [0.717, 1.165) is 16.1 Å². The lowest BCUT2D eigenvalue weighted by molar-refractivity contribution is 0.00578. The van der Waals surface area contributed by atoms with E-state index in [1.54, 1.807) is 0 Å². The van der Waals surface area contributed by atoms with Crippen LogP contribution in [0.4, 0.5) is 0 Å². The molecule has 106 valence electrons. The third kappa shape index (κ3) is 2.04.